The number of carbonyl (C=O) groups excluding carboxylic acids is 1. The molecule has 3 nitrogen and oxygen atoms in total. The molecule has 0 bridgehead atoms. The van der Waals surface area contributed by atoms with Gasteiger partial charge in [0.15, 0.2) is 5.60 Å². The lowest BCUT2D eigenvalue weighted by molar-refractivity contribution is -0.145. The van der Waals surface area contributed by atoms with Crippen LogP contribution in [0.15, 0.2) is 40.9 Å². The third-order valence-electron chi connectivity index (χ3n) is 4.10. The number of alkyl halides is 1. The van der Waals surface area contributed by atoms with Gasteiger partial charge in [0.2, 0.25) is 0 Å². The van der Waals surface area contributed by atoms with Gasteiger partial charge in [-0.3, -0.25) is 4.79 Å². The normalized spacial score (nSPS) is 33.0. The van der Waals surface area contributed by atoms with Gasteiger partial charge in [-0.15, -0.1) is 11.6 Å². The van der Waals surface area contributed by atoms with E-state index in [1.165, 1.54) is 0 Å². The fraction of sp³-hybridized carbons (Fsp3) is 0.400. The average Bonchev–Trinajstić information content (AvgIpc) is 2.66. The maximum Gasteiger partial charge on any atom is 0.257 e. The van der Waals surface area contributed by atoms with E-state index in [0.29, 0.717) is 19.5 Å². The first-order chi connectivity index (χ1) is 9.51. The van der Waals surface area contributed by atoms with E-state index in [0.717, 1.165) is 10.0 Å². The average molecular weight is 357 g/mol. The standard InChI is InChI=1S/C15H15BrClNO2/c16-12-6-11-9-18(8-10-4-2-1-3-5-10)14(19)15(11,20)13(17)7-12/h1-5,7,11,13,20H,6,8-9H2/t11-,13+,15+/m1/s1. The van der Waals surface area contributed by atoms with Crippen molar-refractivity contribution < 1.29 is 9.90 Å². The molecule has 3 atom stereocenters. The highest BCUT2D eigenvalue weighted by Crippen LogP contribution is 2.44. The van der Waals surface area contributed by atoms with Gasteiger partial charge in [-0.05, 0) is 16.5 Å². The van der Waals surface area contributed by atoms with E-state index < -0.39 is 11.0 Å². The van der Waals surface area contributed by atoms with Crippen molar-refractivity contribution >= 4 is 33.4 Å². The lowest BCUT2D eigenvalue weighted by atomic mass is 9.81. The number of halogens is 2. The largest absolute Gasteiger partial charge is 0.378 e. The summed E-state index contributed by atoms with van der Waals surface area (Å²) in [5.41, 5.74) is -0.408. The van der Waals surface area contributed by atoms with Crippen LogP contribution in [-0.2, 0) is 11.3 Å². The zero-order valence-corrected chi connectivity index (χ0v) is 13.1. The number of amides is 1. The van der Waals surface area contributed by atoms with Crippen molar-refractivity contribution in [3.63, 3.8) is 0 Å². The summed E-state index contributed by atoms with van der Waals surface area (Å²) in [6, 6.07) is 9.79. The Morgan fingerprint density at radius 2 is 2.10 bits per heavy atom. The first kappa shape index (κ1) is 14.1. The summed E-state index contributed by atoms with van der Waals surface area (Å²) in [7, 11) is 0. The molecule has 0 radical (unpaired) electrons. The van der Waals surface area contributed by atoms with E-state index in [-0.39, 0.29) is 11.8 Å². The molecule has 1 aliphatic carbocycles. The molecule has 1 saturated heterocycles. The summed E-state index contributed by atoms with van der Waals surface area (Å²) in [4.78, 5) is 14.2. The Hall–Kier alpha value is -0.840. The van der Waals surface area contributed by atoms with E-state index in [1.807, 2.05) is 30.3 Å². The Morgan fingerprint density at radius 3 is 2.80 bits per heavy atom. The minimum atomic E-state index is -1.46. The van der Waals surface area contributed by atoms with Crippen LogP contribution in [0.4, 0.5) is 0 Å². The number of allylic oxidation sites excluding steroid dienone is 1. The summed E-state index contributed by atoms with van der Waals surface area (Å²) in [5, 5.41) is 10.0. The summed E-state index contributed by atoms with van der Waals surface area (Å²) in [6.45, 7) is 1.05. The number of aliphatic hydroxyl groups is 1. The Labute approximate surface area is 131 Å². The summed E-state index contributed by atoms with van der Waals surface area (Å²) < 4.78 is 0.960. The fourth-order valence-electron chi connectivity index (χ4n) is 3.01. The molecule has 1 aromatic carbocycles. The molecule has 106 valence electrons. The molecule has 20 heavy (non-hydrogen) atoms. The Kier molecular flexibility index (Phi) is 3.65. The van der Waals surface area contributed by atoms with Crippen LogP contribution in [0.25, 0.3) is 0 Å². The third kappa shape index (κ3) is 2.20. The maximum atomic E-state index is 12.5. The molecule has 0 unspecified atom stereocenters. The molecule has 1 aliphatic heterocycles. The highest BCUT2D eigenvalue weighted by Gasteiger charge is 2.58. The second kappa shape index (κ2) is 5.17. The molecule has 5 heteroatoms. The van der Waals surface area contributed by atoms with Crippen LogP contribution in [0.5, 0.6) is 0 Å². The first-order valence-electron chi connectivity index (χ1n) is 6.57. The topological polar surface area (TPSA) is 40.5 Å². The van der Waals surface area contributed by atoms with E-state index in [1.54, 1.807) is 11.0 Å². The van der Waals surface area contributed by atoms with Gasteiger partial charge in [0, 0.05) is 19.0 Å². The first-order valence-corrected chi connectivity index (χ1v) is 7.80. The minimum absolute atomic E-state index is 0.152. The zero-order chi connectivity index (χ0) is 14.3. The number of hydrogen-bond donors (Lipinski definition) is 1. The van der Waals surface area contributed by atoms with Crippen molar-refractivity contribution in [2.45, 2.75) is 23.9 Å². The number of likely N-dealkylation sites (tertiary alicyclic amines) is 1. The molecule has 1 fully saturated rings. The van der Waals surface area contributed by atoms with Gasteiger partial charge >= 0.3 is 0 Å². The molecule has 3 rings (SSSR count). The van der Waals surface area contributed by atoms with Gasteiger partial charge in [0.05, 0.1) is 5.38 Å². The van der Waals surface area contributed by atoms with Gasteiger partial charge in [-0.1, -0.05) is 52.3 Å². The van der Waals surface area contributed by atoms with Crippen molar-refractivity contribution in [2.24, 2.45) is 5.92 Å². The van der Waals surface area contributed by atoms with Crippen molar-refractivity contribution in [3.8, 4) is 0 Å². The number of nitrogens with zero attached hydrogens (tertiary/aromatic N) is 1. The Bertz CT molecular complexity index is 562. The van der Waals surface area contributed by atoms with Crippen LogP contribution in [0.3, 0.4) is 0 Å². The predicted octanol–water partition coefficient (Wildman–Crippen LogP) is 2.67. The van der Waals surface area contributed by atoms with E-state index >= 15 is 0 Å². The number of rotatable bonds is 2. The summed E-state index contributed by atoms with van der Waals surface area (Å²) >= 11 is 9.64. The van der Waals surface area contributed by atoms with Gasteiger partial charge in [-0.2, -0.15) is 0 Å². The second-order valence-electron chi connectivity index (χ2n) is 5.41. The van der Waals surface area contributed by atoms with Gasteiger partial charge in [-0.25, -0.2) is 0 Å². The molecule has 1 N–H and O–H groups in total. The van der Waals surface area contributed by atoms with Crippen LogP contribution >= 0.6 is 27.5 Å². The molecule has 2 aliphatic rings. The number of fused-ring (bicyclic) bond motifs is 1. The molecule has 1 aromatic rings. The highest BCUT2D eigenvalue weighted by molar-refractivity contribution is 9.11. The van der Waals surface area contributed by atoms with E-state index in [9.17, 15) is 9.90 Å². The van der Waals surface area contributed by atoms with E-state index in [4.69, 9.17) is 11.6 Å². The van der Waals surface area contributed by atoms with Crippen LogP contribution in [0, 0.1) is 5.92 Å². The maximum absolute atomic E-state index is 12.5. The van der Waals surface area contributed by atoms with E-state index in [2.05, 4.69) is 15.9 Å². The lowest BCUT2D eigenvalue weighted by Gasteiger charge is -2.33. The van der Waals surface area contributed by atoms with Gasteiger partial charge in [0.1, 0.15) is 0 Å². The van der Waals surface area contributed by atoms with Crippen molar-refractivity contribution in [1.29, 1.82) is 0 Å². The zero-order valence-electron chi connectivity index (χ0n) is 10.8. The Balaban J connectivity index is 1.84. The SMILES string of the molecule is O=C1N(Cc2ccccc2)C[C@H]2CC(Br)=C[C@H](Cl)[C@]12O. The molecule has 1 heterocycles. The van der Waals surface area contributed by atoms with Crippen LogP contribution in [-0.4, -0.2) is 33.4 Å². The van der Waals surface area contributed by atoms with Crippen molar-refractivity contribution in [2.75, 3.05) is 6.54 Å². The minimum Gasteiger partial charge on any atom is -0.378 e. The number of benzene rings is 1. The third-order valence-corrected chi connectivity index (χ3v) is 5.15. The van der Waals surface area contributed by atoms with Crippen LogP contribution < -0.4 is 0 Å². The molecule has 0 aromatic heterocycles. The molecular weight excluding hydrogens is 342 g/mol. The van der Waals surface area contributed by atoms with Crippen LogP contribution in [0.2, 0.25) is 0 Å². The molecular formula is C15H15BrClNO2. The van der Waals surface area contributed by atoms with Crippen molar-refractivity contribution in [1.82, 2.24) is 4.90 Å². The predicted molar refractivity (Wildman–Crippen MR) is 81.6 cm³/mol. The van der Waals surface area contributed by atoms with Gasteiger partial charge < -0.3 is 10.0 Å². The summed E-state index contributed by atoms with van der Waals surface area (Å²) in [5.74, 6) is -0.414. The molecule has 0 saturated carbocycles. The monoisotopic (exact) mass is 355 g/mol. The van der Waals surface area contributed by atoms with Crippen LogP contribution in [0.1, 0.15) is 12.0 Å². The molecule has 0 spiro atoms. The highest BCUT2D eigenvalue weighted by atomic mass is 79.9. The summed E-state index contributed by atoms with van der Waals surface area (Å²) in [6.07, 6.45) is 2.37. The lowest BCUT2D eigenvalue weighted by Crippen LogP contribution is -2.51. The van der Waals surface area contributed by atoms with Gasteiger partial charge in [0.25, 0.3) is 5.91 Å². The van der Waals surface area contributed by atoms with Crippen molar-refractivity contribution in [3.05, 3.63) is 46.5 Å². The quantitative estimate of drug-likeness (QED) is 0.828. The Morgan fingerprint density at radius 1 is 1.40 bits per heavy atom. The molecule has 1 amide bonds. The fourth-order valence-corrected chi connectivity index (χ4v) is 4.24. The number of carbonyl (C=O) groups is 1. The number of hydrogen-bond acceptors (Lipinski definition) is 2. The smallest absolute Gasteiger partial charge is 0.257 e. The second-order valence-corrected chi connectivity index (χ2v) is 6.90.